The zero-order valence-corrected chi connectivity index (χ0v) is 20.9. The summed E-state index contributed by atoms with van der Waals surface area (Å²) in [6, 6.07) is 2.56. The largest absolute Gasteiger partial charge is 0.508 e. The van der Waals surface area contributed by atoms with Crippen LogP contribution in [-0.4, -0.2) is 69.5 Å². The van der Waals surface area contributed by atoms with Crippen LogP contribution in [0.5, 0.6) is 5.75 Å². The van der Waals surface area contributed by atoms with E-state index in [0.29, 0.717) is 31.4 Å². The average molecular weight is 491 g/mol. The van der Waals surface area contributed by atoms with E-state index in [1.165, 1.54) is 17.0 Å². The molecule has 1 aliphatic rings. The first-order chi connectivity index (χ1) is 16.4. The summed E-state index contributed by atoms with van der Waals surface area (Å²) in [5, 5.41) is 24.5. The fraction of sp³-hybridized carbons (Fsp3) is 0.600. The number of hydrogen-bond acceptors (Lipinski definition) is 6. The molecule has 194 valence electrons. The summed E-state index contributed by atoms with van der Waals surface area (Å²) >= 11 is 0. The molecular formula is C25H38N4O6. The van der Waals surface area contributed by atoms with Crippen molar-refractivity contribution < 1.29 is 29.4 Å². The highest BCUT2D eigenvalue weighted by Gasteiger charge is 2.39. The quantitative estimate of drug-likeness (QED) is 0.309. The van der Waals surface area contributed by atoms with E-state index >= 15 is 0 Å². The van der Waals surface area contributed by atoms with Gasteiger partial charge in [0.15, 0.2) is 0 Å². The lowest BCUT2D eigenvalue weighted by molar-refractivity contribution is -0.150. The molecule has 1 aliphatic heterocycles. The summed E-state index contributed by atoms with van der Waals surface area (Å²) in [7, 11) is 0. The number of benzene rings is 1. The van der Waals surface area contributed by atoms with Crippen molar-refractivity contribution in [3.8, 4) is 5.75 Å². The van der Waals surface area contributed by atoms with Crippen molar-refractivity contribution in [2.75, 3.05) is 6.54 Å². The van der Waals surface area contributed by atoms with E-state index in [2.05, 4.69) is 10.6 Å². The molecular weight excluding hydrogens is 452 g/mol. The van der Waals surface area contributed by atoms with E-state index in [1.807, 2.05) is 13.8 Å². The molecule has 10 heteroatoms. The normalized spacial score (nSPS) is 18.3. The number of hydrogen-bond donors (Lipinski definition) is 5. The number of likely N-dealkylation sites (tertiary alicyclic amines) is 1. The van der Waals surface area contributed by atoms with Gasteiger partial charge in [-0.15, -0.1) is 0 Å². The molecule has 6 N–H and O–H groups in total. The van der Waals surface area contributed by atoms with Gasteiger partial charge in [0.25, 0.3) is 0 Å². The van der Waals surface area contributed by atoms with Crippen LogP contribution in [0.2, 0.25) is 0 Å². The predicted molar refractivity (Wildman–Crippen MR) is 130 cm³/mol. The Hall–Kier alpha value is -3.14. The van der Waals surface area contributed by atoms with E-state index in [-0.39, 0.29) is 24.0 Å². The molecule has 1 saturated heterocycles. The second-order valence-electron chi connectivity index (χ2n) is 9.93. The lowest BCUT2D eigenvalue weighted by atomic mass is 9.99. The Morgan fingerprint density at radius 3 is 2.23 bits per heavy atom. The molecule has 1 aromatic carbocycles. The van der Waals surface area contributed by atoms with Gasteiger partial charge in [0.1, 0.15) is 23.9 Å². The van der Waals surface area contributed by atoms with Crippen LogP contribution in [-0.2, 0) is 25.6 Å². The van der Waals surface area contributed by atoms with Gasteiger partial charge in [-0.1, -0.05) is 39.8 Å². The first-order valence-corrected chi connectivity index (χ1v) is 12.1. The monoisotopic (exact) mass is 490 g/mol. The molecule has 1 aromatic rings. The van der Waals surface area contributed by atoms with Crippen molar-refractivity contribution in [3.05, 3.63) is 29.8 Å². The van der Waals surface area contributed by atoms with E-state index in [0.717, 1.165) is 0 Å². The second-order valence-corrected chi connectivity index (χ2v) is 9.93. The molecule has 0 aliphatic carbocycles. The van der Waals surface area contributed by atoms with Crippen LogP contribution >= 0.6 is 0 Å². The van der Waals surface area contributed by atoms with Crippen LogP contribution in [0.25, 0.3) is 0 Å². The highest BCUT2D eigenvalue weighted by molar-refractivity contribution is 5.94. The molecule has 0 saturated carbocycles. The van der Waals surface area contributed by atoms with Crippen LogP contribution in [0.3, 0.4) is 0 Å². The highest BCUT2D eigenvalue weighted by atomic mass is 16.4. The van der Waals surface area contributed by atoms with Gasteiger partial charge in [-0.3, -0.25) is 14.4 Å². The van der Waals surface area contributed by atoms with Gasteiger partial charge >= 0.3 is 5.97 Å². The number of phenols is 1. The number of nitrogens with one attached hydrogen (secondary N) is 2. The van der Waals surface area contributed by atoms with Crippen LogP contribution < -0.4 is 16.4 Å². The molecule has 1 fully saturated rings. The maximum atomic E-state index is 13.3. The fourth-order valence-corrected chi connectivity index (χ4v) is 4.20. The van der Waals surface area contributed by atoms with Gasteiger partial charge in [0, 0.05) is 13.0 Å². The van der Waals surface area contributed by atoms with Crippen LogP contribution in [0.1, 0.15) is 52.5 Å². The molecule has 0 aromatic heterocycles. The Morgan fingerprint density at radius 1 is 1.06 bits per heavy atom. The van der Waals surface area contributed by atoms with Crippen molar-refractivity contribution >= 4 is 23.7 Å². The smallest absolute Gasteiger partial charge is 0.326 e. The van der Waals surface area contributed by atoms with Crippen molar-refractivity contribution in [1.82, 2.24) is 15.5 Å². The number of nitrogens with zero attached hydrogens (tertiary/aromatic N) is 1. The lowest BCUT2D eigenvalue weighted by Gasteiger charge is -2.31. The number of aliphatic carboxylic acids is 1. The third-order valence-corrected chi connectivity index (χ3v) is 6.12. The maximum Gasteiger partial charge on any atom is 0.326 e. The maximum absolute atomic E-state index is 13.3. The summed E-state index contributed by atoms with van der Waals surface area (Å²) in [5.41, 5.74) is 6.70. The number of carbonyl (C=O) groups is 4. The third-order valence-electron chi connectivity index (χ3n) is 6.12. The number of carbonyl (C=O) groups excluding carboxylic acids is 3. The summed E-state index contributed by atoms with van der Waals surface area (Å²) in [6.45, 7) is 7.72. The number of nitrogens with two attached hydrogens (primary N) is 1. The topological polar surface area (TPSA) is 162 Å². The number of carboxylic acid groups (broad SMARTS) is 1. The van der Waals surface area contributed by atoms with Gasteiger partial charge < -0.3 is 31.5 Å². The second kappa shape index (κ2) is 12.5. The molecule has 4 atom stereocenters. The van der Waals surface area contributed by atoms with E-state index in [4.69, 9.17) is 5.73 Å². The minimum atomic E-state index is -1.07. The zero-order valence-electron chi connectivity index (χ0n) is 20.9. The van der Waals surface area contributed by atoms with E-state index in [1.54, 1.807) is 26.0 Å². The van der Waals surface area contributed by atoms with Crippen molar-refractivity contribution in [2.45, 2.75) is 77.5 Å². The van der Waals surface area contributed by atoms with Crippen LogP contribution in [0.4, 0.5) is 0 Å². The average Bonchev–Trinajstić information content (AvgIpc) is 3.27. The minimum absolute atomic E-state index is 0.0711. The molecule has 35 heavy (non-hydrogen) atoms. The third kappa shape index (κ3) is 7.95. The summed E-state index contributed by atoms with van der Waals surface area (Å²) in [5.74, 6) is -2.62. The van der Waals surface area contributed by atoms with Crippen molar-refractivity contribution in [2.24, 2.45) is 17.6 Å². The van der Waals surface area contributed by atoms with Crippen molar-refractivity contribution in [3.63, 3.8) is 0 Å². The zero-order chi connectivity index (χ0) is 26.3. The predicted octanol–water partition coefficient (Wildman–Crippen LogP) is 1.01. The van der Waals surface area contributed by atoms with Crippen LogP contribution in [0, 0.1) is 11.8 Å². The van der Waals surface area contributed by atoms with Gasteiger partial charge in [-0.05, 0) is 48.8 Å². The molecule has 10 nitrogen and oxygen atoms in total. The molecule has 0 radical (unpaired) electrons. The fourth-order valence-electron chi connectivity index (χ4n) is 4.20. The Bertz CT molecular complexity index is 902. The van der Waals surface area contributed by atoms with E-state index in [9.17, 15) is 29.4 Å². The highest BCUT2D eigenvalue weighted by Crippen LogP contribution is 2.21. The summed E-state index contributed by atoms with van der Waals surface area (Å²) in [4.78, 5) is 52.2. The Kier molecular flexibility index (Phi) is 10.1. The summed E-state index contributed by atoms with van der Waals surface area (Å²) < 4.78 is 0. The molecule has 0 bridgehead atoms. The number of phenolic OH excluding ortho intramolecular Hbond substituents is 1. The Labute approximate surface area is 206 Å². The van der Waals surface area contributed by atoms with Gasteiger partial charge in [0.2, 0.25) is 17.7 Å². The van der Waals surface area contributed by atoms with E-state index < -0.39 is 47.9 Å². The Balaban J connectivity index is 2.23. The molecule has 0 spiro atoms. The first kappa shape index (κ1) is 28.1. The van der Waals surface area contributed by atoms with Gasteiger partial charge in [-0.2, -0.15) is 0 Å². The molecule has 4 unspecified atom stereocenters. The first-order valence-electron chi connectivity index (χ1n) is 12.1. The van der Waals surface area contributed by atoms with Crippen LogP contribution in [0.15, 0.2) is 24.3 Å². The molecule has 2 rings (SSSR count). The number of rotatable bonds is 11. The lowest BCUT2D eigenvalue weighted by Crippen LogP contribution is -2.59. The SMILES string of the molecule is CC(C)CC(N)C(=O)NC(Cc1ccc(O)cc1)C(=O)NC(C(=O)N1CCCC1C(=O)O)C(C)C. The molecule has 3 amide bonds. The summed E-state index contributed by atoms with van der Waals surface area (Å²) in [6.07, 6.45) is 1.51. The Morgan fingerprint density at radius 2 is 1.69 bits per heavy atom. The number of aromatic hydroxyl groups is 1. The van der Waals surface area contributed by atoms with Gasteiger partial charge in [0.05, 0.1) is 6.04 Å². The number of amides is 3. The number of carboxylic acids is 1. The van der Waals surface area contributed by atoms with Crippen molar-refractivity contribution in [1.29, 1.82) is 0 Å². The van der Waals surface area contributed by atoms with Gasteiger partial charge in [-0.25, -0.2) is 4.79 Å². The molecule has 1 heterocycles. The standard InChI is InChI=1S/C25H38N4O6/c1-14(2)12-18(26)22(31)27-19(13-16-7-9-17(30)10-8-16)23(32)28-21(15(3)4)24(33)29-11-5-6-20(29)25(34)35/h7-10,14-15,18-21,30H,5-6,11-13,26H2,1-4H3,(H,27,31)(H,28,32)(H,34,35). The minimum Gasteiger partial charge on any atom is -0.508 e.